The van der Waals surface area contributed by atoms with E-state index < -0.39 is 6.04 Å². The van der Waals surface area contributed by atoms with Gasteiger partial charge in [0, 0.05) is 17.3 Å². The van der Waals surface area contributed by atoms with E-state index in [1.165, 1.54) is 19.3 Å². The molecule has 3 N–H and O–H groups in total. The number of hydrogen-bond acceptors (Lipinski definition) is 3. The first kappa shape index (κ1) is 11.5. The molecule has 1 atom stereocenters. The molecule has 0 aromatic heterocycles. The summed E-state index contributed by atoms with van der Waals surface area (Å²) >= 11 is 0. The summed E-state index contributed by atoms with van der Waals surface area (Å²) in [4.78, 5) is 11.4. The molecular formula is C14H18N2O2. The van der Waals surface area contributed by atoms with Gasteiger partial charge in [-0.25, -0.2) is 0 Å². The van der Waals surface area contributed by atoms with Crippen LogP contribution in [0.2, 0.25) is 0 Å². The van der Waals surface area contributed by atoms with Crippen LogP contribution < -0.4 is 15.8 Å². The molecule has 4 nitrogen and oxygen atoms in total. The lowest BCUT2D eigenvalue weighted by atomic mass is 9.83. The third-order valence-electron chi connectivity index (χ3n) is 3.92. The van der Waals surface area contributed by atoms with Crippen molar-refractivity contribution in [3.05, 3.63) is 23.8 Å². The fraction of sp³-hybridized carbons (Fsp3) is 0.500. The number of nitrogens with two attached hydrogens (primary N) is 1. The van der Waals surface area contributed by atoms with Crippen LogP contribution in [0.4, 0.5) is 5.69 Å². The van der Waals surface area contributed by atoms with E-state index in [9.17, 15) is 4.79 Å². The molecule has 2 aliphatic rings. The zero-order chi connectivity index (χ0) is 12.5. The second kappa shape index (κ2) is 4.61. The summed E-state index contributed by atoms with van der Waals surface area (Å²) in [5, 5.41) is 2.77. The number of carbonyl (C=O) groups is 1. The fourth-order valence-corrected chi connectivity index (χ4v) is 2.48. The Morgan fingerprint density at radius 3 is 2.94 bits per heavy atom. The van der Waals surface area contributed by atoms with Crippen LogP contribution in [-0.2, 0) is 4.79 Å². The molecule has 1 aliphatic carbocycles. The fourth-order valence-electron chi connectivity index (χ4n) is 2.48. The van der Waals surface area contributed by atoms with Gasteiger partial charge in [0.15, 0.2) is 0 Å². The number of carbonyl (C=O) groups excluding carboxylic acids is 1. The number of nitrogens with one attached hydrogen (secondary N) is 1. The van der Waals surface area contributed by atoms with Crippen LogP contribution in [0, 0.1) is 5.92 Å². The smallest absolute Gasteiger partial charge is 0.245 e. The van der Waals surface area contributed by atoms with Crippen molar-refractivity contribution in [2.75, 3.05) is 11.9 Å². The molecule has 3 rings (SSSR count). The molecule has 1 unspecified atom stereocenters. The van der Waals surface area contributed by atoms with Crippen molar-refractivity contribution < 1.29 is 9.53 Å². The Morgan fingerprint density at radius 2 is 2.22 bits per heavy atom. The molecule has 1 aromatic carbocycles. The summed E-state index contributed by atoms with van der Waals surface area (Å²) in [7, 11) is 0. The molecule has 0 radical (unpaired) electrons. The minimum atomic E-state index is -0.538. The van der Waals surface area contributed by atoms with E-state index in [-0.39, 0.29) is 5.91 Å². The third kappa shape index (κ3) is 2.08. The Balaban J connectivity index is 1.60. The van der Waals surface area contributed by atoms with Crippen molar-refractivity contribution >= 4 is 11.6 Å². The van der Waals surface area contributed by atoms with Crippen LogP contribution >= 0.6 is 0 Å². The number of fused-ring (bicyclic) bond motifs is 1. The van der Waals surface area contributed by atoms with Gasteiger partial charge in [-0.3, -0.25) is 4.79 Å². The quantitative estimate of drug-likeness (QED) is 0.856. The summed E-state index contributed by atoms with van der Waals surface area (Å²) in [6.45, 7) is 0.753. The number of rotatable bonds is 4. The van der Waals surface area contributed by atoms with E-state index in [1.54, 1.807) is 0 Å². The predicted octanol–water partition coefficient (Wildman–Crippen LogP) is 2.21. The molecule has 1 amide bonds. The second-order valence-corrected chi connectivity index (χ2v) is 5.15. The molecule has 1 aromatic rings. The highest BCUT2D eigenvalue weighted by Crippen LogP contribution is 2.33. The molecular weight excluding hydrogens is 228 g/mol. The average Bonchev–Trinajstić information content (AvgIpc) is 2.58. The molecule has 0 saturated heterocycles. The van der Waals surface area contributed by atoms with Crippen LogP contribution in [0.15, 0.2) is 18.2 Å². The maximum atomic E-state index is 11.4. The lowest BCUT2D eigenvalue weighted by molar-refractivity contribution is -0.116. The Labute approximate surface area is 107 Å². The lowest BCUT2D eigenvalue weighted by Crippen LogP contribution is -2.19. The largest absolute Gasteiger partial charge is 0.494 e. The van der Waals surface area contributed by atoms with Crippen molar-refractivity contribution in [1.29, 1.82) is 0 Å². The minimum Gasteiger partial charge on any atom is -0.494 e. The molecule has 1 fully saturated rings. The Bertz CT molecular complexity index is 469. The van der Waals surface area contributed by atoms with Crippen molar-refractivity contribution in [1.82, 2.24) is 0 Å². The zero-order valence-electron chi connectivity index (χ0n) is 10.3. The van der Waals surface area contributed by atoms with Gasteiger partial charge in [-0.05, 0) is 18.4 Å². The van der Waals surface area contributed by atoms with Gasteiger partial charge in [-0.15, -0.1) is 0 Å². The molecule has 4 heteroatoms. The summed E-state index contributed by atoms with van der Waals surface area (Å²) in [5.74, 6) is 1.52. The van der Waals surface area contributed by atoms with Crippen LogP contribution in [0.25, 0.3) is 0 Å². The monoisotopic (exact) mass is 246 g/mol. The lowest BCUT2D eigenvalue weighted by Gasteiger charge is -2.25. The van der Waals surface area contributed by atoms with Crippen molar-refractivity contribution in [3.8, 4) is 5.75 Å². The Hall–Kier alpha value is -1.55. The van der Waals surface area contributed by atoms with Crippen LogP contribution in [0.5, 0.6) is 5.75 Å². The molecule has 0 bridgehead atoms. The van der Waals surface area contributed by atoms with Gasteiger partial charge in [0.2, 0.25) is 5.91 Å². The van der Waals surface area contributed by atoms with E-state index in [0.29, 0.717) is 0 Å². The summed E-state index contributed by atoms with van der Waals surface area (Å²) in [6, 6.07) is 5.08. The topological polar surface area (TPSA) is 64.4 Å². The van der Waals surface area contributed by atoms with Crippen LogP contribution in [0.1, 0.15) is 37.3 Å². The minimum absolute atomic E-state index is 0.142. The highest BCUT2D eigenvalue weighted by Gasteiger charge is 2.27. The predicted molar refractivity (Wildman–Crippen MR) is 69.5 cm³/mol. The Kier molecular flexibility index (Phi) is 2.96. The van der Waals surface area contributed by atoms with Crippen molar-refractivity contribution in [2.24, 2.45) is 11.7 Å². The maximum Gasteiger partial charge on any atom is 0.245 e. The number of benzene rings is 1. The first-order valence-corrected chi connectivity index (χ1v) is 6.57. The van der Waals surface area contributed by atoms with Gasteiger partial charge in [-0.1, -0.05) is 25.3 Å². The van der Waals surface area contributed by atoms with Gasteiger partial charge in [0.1, 0.15) is 11.8 Å². The molecule has 1 heterocycles. The normalized spacial score (nSPS) is 22.3. The van der Waals surface area contributed by atoms with E-state index in [0.717, 1.165) is 35.9 Å². The van der Waals surface area contributed by atoms with Gasteiger partial charge in [0.25, 0.3) is 0 Å². The zero-order valence-corrected chi connectivity index (χ0v) is 10.3. The molecule has 0 spiro atoms. The van der Waals surface area contributed by atoms with Gasteiger partial charge in [-0.2, -0.15) is 0 Å². The molecule has 18 heavy (non-hydrogen) atoms. The van der Waals surface area contributed by atoms with E-state index in [4.69, 9.17) is 10.5 Å². The second-order valence-electron chi connectivity index (χ2n) is 5.15. The molecule has 96 valence electrons. The average molecular weight is 246 g/mol. The Morgan fingerprint density at radius 1 is 1.39 bits per heavy atom. The number of amides is 1. The van der Waals surface area contributed by atoms with Crippen LogP contribution in [-0.4, -0.2) is 12.5 Å². The summed E-state index contributed by atoms with van der Waals surface area (Å²) < 4.78 is 5.72. The summed E-state index contributed by atoms with van der Waals surface area (Å²) in [6.07, 6.45) is 5.19. The molecule has 1 saturated carbocycles. The molecule has 1 aliphatic heterocycles. The first-order chi connectivity index (χ1) is 8.74. The third-order valence-corrected chi connectivity index (χ3v) is 3.92. The van der Waals surface area contributed by atoms with Gasteiger partial charge < -0.3 is 15.8 Å². The van der Waals surface area contributed by atoms with E-state index in [2.05, 4.69) is 5.32 Å². The van der Waals surface area contributed by atoms with Gasteiger partial charge >= 0.3 is 0 Å². The highest BCUT2D eigenvalue weighted by molar-refractivity contribution is 6.02. The number of anilines is 1. The van der Waals surface area contributed by atoms with E-state index >= 15 is 0 Å². The van der Waals surface area contributed by atoms with Crippen molar-refractivity contribution in [3.63, 3.8) is 0 Å². The van der Waals surface area contributed by atoms with E-state index in [1.807, 2.05) is 18.2 Å². The summed E-state index contributed by atoms with van der Waals surface area (Å²) in [5.41, 5.74) is 7.39. The highest BCUT2D eigenvalue weighted by atomic mass is 16.5. The maximum absolute atomic E-state index is 11.4. The number of hydrogen-bond donors (Lipinski definition) is 2. The van der Waals surface area contributed by atoms with Gasteiger partial charge in [0.05, 0.1) is 6.61 Å². The van der Waals surface area contributed by atoms with Crippen LogP contribution in [0.3, 0.4) is 0 Å². The number of ether oxygens (including phenoxy) is 1. The SMILES string of the molecule is NC1C(=O)Nc2cc(OCCC3CCC3)ccc21. The first-order valence-electron chi connectivity index (χ1n) is 6.57. The van der Waals surface area contributed by atoms with Crippen molar-refractivity contribution in [2.45, 2.75) is 31.7 Å². The standard InChI is InChI=1S/C14H18N2O2/c15-13-11-5-4-10(8-12(11)16-14(13)17)18-7-6-9-2-1-3-9/h4-5,8-9,13H,1-3,6-7,15H2,(H,16,17).